The lowest BCUT2D eigenvalue weighted by atomic mass is 10.4. The summed E-state index contributed by atoms with van der Waals surface area (Å²) in [6.07, 6.45) is 1.33. The number of hydrogen-bond acceptors (Lipinski definition) is 4. The van der Waals surface area contributed by atoms with E-state index in [-0.39, 0.29) is 18.3 Å². The van der Waals surface area contributed by atoms with Crippen LogP contribution in [0.1, 0.15) is 0 Å². The second kappa shape index (κ2) is 5.58. The number of aromatic nitrogens is 1. The molecule has 0 N–H and O–H groups in total. The number of morpholine rings is 1. The summed E-state index contributed by atoms with van der Waals surface area (Å²) in [6, 6.07) is 2.99. The zero-order valence-electron chi connectivity index (χ0n) is 9.26. The zero-order chi connectivity index (χ0) is 12.1. The number of halogens is 1. The van der Waals surface area contributed by atoms with Gasteiger partial charge in [0.05, 0.1) is 13.2 Å². The lowest BCUT2D eigenvalue weighted by Crippen LogP contribution is -2.43. The first-order valence-corrected chi connectivity index (χ1v) is 5.36. The van der Waals surface area contributed by atoms with E-state index in [2.05, 4.69) is 4.98 Å². The van der Waals surface area contributed by atoms with Crippen LogP contribution in [0.2, 0.25) is 0 Å². The molecule has 5 nitrogen and oxygen atoms in total. The van der Waals surface area contributed by atoms with Crippen LogP contribution < -0.4 is 4.74 Å². The first kappa shape index (κ1) is 11.8. The highest BCUT2D eigenvalue weighted by Crippen LogP contribution is 2.12. The number of pyridine rings is 1. The molecule has 0 atom stereocenters. The summed E-state index contributed by atoms with van der Waals surface area (Å²) < 4.78 is 23.3. The van der Waals surface area contributed by atoms with Crippen LogP contribution in [-0.4, -0.2) is 48.7 Å². The average Bonchev–Trinajstić information content (AvgIpc) is 2.38. The second-order valence-electron chi connectivity index (χ2n) is 3.57. The van der Waals surface area contributed by atoms with Gasteiger partial charge in [0.2, 0.25) is 0 Å². The quantitative estimate of drug-likeness (QED) is 0.720. The third kappa shape index (κ3) is 3.13. The fourth-order valence-electron chi connectivity index (χ4n) is 1.52. The Balaban J connectivity index is 1.85. The molecule has 2 rings (SSSR count). The number of ether oxygens (including phenoxy) is 2. The predicted octanol–water partition coefficient (Wildman–Crippen LogP) is 0.458. The van der Waals surface area contributed by atoms with E-state index in [0.29, 0.717) is 26.3 Å². The van der Waals surface area contributed by atoms with Gasteiger partial charge in [-0.1, -0.05) is 0 Å². The minimum Gasteiger partial charge on any atom is -0.479 e. The summed E-state index contributed by atoms with van der Waals surface area (Å²) in [7, 11) is 0. The van der Waals surface area contributed by atoms with E-state index < -0.39 is 5.95 Å². The summed E-state index contributed by atoms with van der Waals surface area (Å²) in [4.78, 5) is 16.8. The maximum atomic E-state index is 13.1. The lowest BCUT2D eigenvalue weighted by Gasteiger charge is -2.26. The topological polar surface area (TPSA) is 51.7 Å². The molecule has 1 fully saturated rings. The van der Waals surface area contributed by atoms with Crippen molar-refractivity contribution in [3.05, 3.63) is 24.3 Å². The van der Waals surface area contributed by atoms with E-state index in [1.54, 1.807) is 11.0 Å². The van der Waals surface area contributed by atoms with Crippen molar-refractivity contribution in [1.82, 2.24) is 9.88 Å². The summed E-state index contributed by atoms with van der Waals surface area (Å²) in [5.41, 5.74) is 0. The molecule has 0 aromatic carbocycles. The van der Waals surface area contributed by atoms with E-state index in [4.69, 9.17) is 9.47 Å². The summed E-state index contributed by atoms with van der Waals surface area (Å²) >= 11 is 0. The second-order valence-corrected chi connectivity index (χ2v) is 3.57. The maximum absolute atomic E-state index is 13.1. The molecule has 17 heavy (non-hydrogen) atoms. The molecule has 0 aliphatic carbocycles. The van der Waals surface area contributed by atoms with Gasteiger partial charge in [-0.25, -0.2) is 4.98 Å². The number of nitrogens with zero attached hydrogens (tertiary/aromatic N) is 2. The molecule has 92 valence electrons. The maximum Gasteiger partial charge on any atom is 0.260 e. The first-order chi connectivity index (χ1) is 8.27. The monoisotopic (exact) mass is 240 g/mol. The van der Waals surface area contributed by atoms with E-state index >= 15 is 0 Å². The van der Waals surface area contributed by atoms with Crippen LogP contribution >= 0.6 is 0 Å². The van der Waals surface area contributed by atoms with Crippen molar-refractivity contribution in [3.8, 4) is 5.75 Å². The Labute approximate surface area is 98.1 Å². The van der Waals surface area contributed by atoms with Crippen LogP contribution in [0.5, 0.6) is 5.75 Å². The zero-order valence-corrected chi connectivity index (χ0v) is 9.26. The van der Waals surface area contributed by atoms with Crippen LogP contribution in [0.3, 0.4) is 0 Å². The Morgan fingerprint density at radius 3 is 3.00 bits per heavy atom. The van der Waals surface area contributed by atoms with Crippen LogP contribution in [-0.2, 0) is 9.53 Å². The van der Waals surface area contributed by atoms with Gasteiger partial charge in [-0.2, -0.15) is 4.39 Å². The molecule has 1 saturated heterocycles. The number of carbonyl (C=O) groups excluding carboxylic acids is 1. The van der Waals surface area contributed by atoms with Crippen LogP contribution in [0.4, 0.5) is 4.39 Å². The smallest absolute Gasteiger partial charge is 0.260 e. The van der Waals surface area contributed by atoms with Gasteiger partial charge < -0.3 is 14.4 Å². The molecule has 6 heteroatoms. The van der Waals surface area contributed by atoms with Crippen molar-refractivity contribution in [2.75, 3.05) is 32.9 Å². The summed E-state index contributed by atoms with van der Waals surface area (Å²) in [5.74, 6) is -0.882. The highest BCUT2D eigenvalue weighted by molar-refractivity contribution is 5.77. The van der Waals surface area contributed by atoms with Crippen molar-refractivity contribution in [3.63, 3.8) is 0 Å². The lowest BCUT2D eigenvalue weighted by molar-refractivity contribution is -0.137. The molecule has 0 spiro atoms. The Morgan fingerprint density at radius 2 is 2.29 bits per heavy atom. The van der Waals surface area contributed by atoms with Crippen molar-refractivity contribution in [1.29, 1.82) is 0 Å². The van der Waals surface area contributed by atoms with Gasteiger partial charge in [-0.05, 0) is 12.1 Å². The van der Waals surface area contributed by atoms with Gasteiger partial charge in [0, 0.05) is 19.3 Å². The normalized spacial score (nSPS) is 15.7. The molecule has 0 saturated carbocycles. The third-order valence-corrected chi connectivity index (χ3v) is 2.44. The van der Waals surface area contributed by atoms with Crippen LogP contribution in [0, 0.1) is 5.95 Å². The van der Waals surface area contributed by atoms with Crippen molar-refractivity contribution < 1.29 is 18.7 Å². The highest BCUT2D eigenvalue weighted by atomic mass is 19.1. The van der Waals surface area contributed by atoms with E-state index in [9.17, 15) is 9.18 Å². The Hall–Kier alpha value is -1.69. The fraction of sp³-hybridized carbons (Fsp3) is 0.455. The average molecular weight is 240 g/mol. The predicted molar refractivity (Wildman–Crippen MR) is 57.1 cm³/mol. The Bertz CT molecular complexity index is 394. The molecular formula is C11H13FN2O3. The highest BCUT2D eigenvalue weighted by Gasteiger charge is 2.17. The minimum absolute atomic E-state index is 0.00545. The van der Waals surface area contributed by atoms with Crippen LogP contribution in [0.15, 0.2) is 18.3 Å². The first-order valence-electron chi connectivity index (χ1n) is 5.36. The number of amides is 1. The molecule has 2 heterocycles. The summed E-state index contributed by atoms with van der Waals surface area (Å²) in [5, 5.41) is 0. The van der Waals surface area contributed by atoms with Gasteiger partial charge >= 0.3 is 0 Å². The molecule has 0 radical (unpaired) electrons. The molecule has 1 aromatic rings. The number of hydrogen-bond donors (Lipinski definition) is 0. The van der Waals surface area contributed by atoms with Gasteiger partial charge in [-0.3, -0.25) is 4.79 Å². The molecule has 0 unspecified atom stereocenters. The van der Waals surface area contributed by atoms with E-state index in [1.807, 2.05) is 0 Å². The molecular weight excluding hydrogens is 227 g/mol. The number of carbonyl (C=O) groups is 1. The molecule has 0 bridgehead atoms. The van der Waals surface area contributed by atoms with Gasteiger partial charge in [0.15, 0.2) is 12.4 Å². The Kier molecular flexibility index (Phi) is 3.87. The van der Waals surface area contributed by atoms with E-state index in [0.717, 1.165) is 0 Å². The van der Waals surface area contributed by atoms with E-state index in [1.165, 1.54) is 12.3 Å². The third-order valence-electron chi connectivity index (χ3n) is 2.44. The molecule has 1 aromatic heterocycles. The Morgan fingerprint density at radius 1 is 1.53 bits per heavy atom. The van der Waals surface area contributed by atoms with Crippen molar-refractivity contribution in [2.45, 2.75) is 0 Å². The summed E-state index contributed by atoms with van der Waals surface area (Å²) in [6.45, 7) is 2.00. The largest absolute Gasteiger partial charge is 0.479 e. The number of rotatable bonds is 3. The van der Waals surface area contributed by atoms with Crippen LogP contribution in [0.25, 0.3) is 0 Å². The van der Waals surface area contributed by atoms with Crippen molar-refractivity contribution in [2.24, 2.45) is 0 Å². The SMILES string of the molecule is O=C(COc1cccnc1F)N1CCOCC1. The minimum atomic E-state index is -0.706. The molecule has 1 aliphatic heterocycles. The van der Waals surface area contributed by atoms with Gasteiger partial charge in [0.25, 0.3) is 11.9 Å². The molecule has 1 amide bonds. The molecule has 1 aliphatic rings. The van der Waals surface area contributed by atoms with Crippen molar-refractivity contribution >= 4 is 5.91 Å². The van der Waals surface area contributed by atoms with Gasteiger partial charge in [0.1, 0.15) is 0 Å². The van der Waals surface area contributed by atoms with Gasteiger partial charge in [-0.15, -0.1) is 0 Å². The fourth-order valence-corrected chi connectivity index (χ4v) is 1.52. The standard InChI is InChI=1S/C11H13FN2O3/c12-11-9(2-1-3-13-11)17-8-10(15)14-4-6-16-7-5-14/h1-3H,4-8H2.